The number of carbonyl (C=O) groups is 1. The SMILES string of the molecule is O=C(NN=Cc1ccccc1[N+](=O)[O-])C12CC3CC(CC(C3)C1)C2. The Morgan fingerprint density at radius 3 is 2.33 bits per heavy atom. The summed E-state index contributed by atoms with van der Waals surface area (Å²) in [5.74, 6) is 2.08. The van der Waals surface area contributed by atoms with Crippen LogP contribution in [-0.4, -0.2) is 17.0 Å². The van der Waals surface area contributed by atoms with Gasteiger partial charge < -0.3 is 0 Å². The van der Waals surface area contributed by atoms with E-state index in [0.29, 0.717) is 23.3 Å². The summed E-state index contributed by atoms with van der Waals surface area (Å²) in [5.41, 5.74) is 2.79. The molecule has 6 heteroatoms. The van der Waals surface area contributed by atoms with E-state index in [1.165, 1.54) is 31.5 Å². The first-order chi connectivity index (χ1) is 11.6. The summed E-state index contributed by atoms with van der Waals surface area (Å²) in [6, 6.07) is 6.39. The van der Waals surface area contributed by atoms with Crippen molar-refractivity contribution in [2.24, 2.45) is 28.3 Å². The van der Waals surface area contributed by atoms with Crippen LogP contribution in [-0.2, 0) is 4.79 Å². The highest BCUT2D eigenvalue weighted by molar-refractivity contribution is 5.88. The van der Waals surface area contributed by atoms with Crippen LogP contribution >= 0.6 is 0 Å². The predicted molar refractivity (Wildman–Crippen MR) is 89.4 cm³/mol. The second-order valence-electron chi connectivity index (χ2n) is 7.71. The molecule has 4 aliphatic rings. The molecule has 4 bridgehead atoms. The number of nitro groups is 1. The van der Waals surface area contributed by atoms with Crippen LogP contribution in [0, 0.1) is 33.3 Å². The Morgan fingerprint density at radius 2 is 1.75 bits per heavy atom. The first-order valence-corrected chi connectivity index (χ1v) is 8.63. The number of nitrogens with one attached hydrogen (secondary N) is 1. The number of benzene rings is 1. The molecule has 0 atom stereocenters. The summed E-state index contributed by atoms with van der Waals surface area (Å²) in [6.07, 6.45) is 8.16. The second kappa shape index (κ2) is 5.69. The maximum Gasteiger partial charge on any atom is 0.278 e. The van der Waals surface area contributed by atoms with Gasteiger partial charge in [0.1, 0.15) is 0 Å². The van der Waals surface area contributed by atoms with Crippen LogP contribution in [0.25, 0.3) is 0 Å². The standard InChI is InChI=1S/C18H21N3O3/c22-17(18-8-12-5-13(9-18)7-14(6-12)10-18)20-19-11-15-3-1-2-4-16(15)21(23)24/h1-4,11-14H,5-10H2,(H,20,22). The number of nitro benzene ring substituents is 1. The maximum absolute atomic E-state index is 12.7. The van der Waals surface area contributed by atoms with Crippen molar-refractivity contribution in [2.75, 3.05) is 0 Å². The number of hydrogen-bond acceptors (Lipinski definition) is 4. The summed E-state index contributed by atoms with van der Waals surface area (Å²) in [6.45, 7) is 0. The summed E-state index contributed by atoms with van der Waals surface area (Å²) < 4.78 is 0. The molecule has 1 amide bonds. The van der Waals surface area contributed by atoms with Gasteiger partial charge in [0.25, 0.3) is 5.69 Å². The van der Waals surface area contributed by atoms with E-state index in [0.717, 1.165) is 19.3 Å². The molecular formula is C18H21N3O3. The molecule has 0 aliphatic heterocycles. The van der Waals surface area contributed by atoms with E-state index >= 15 is 0 Å². The third kappa shape index (κ3) is 2.60. The van der Waals surface area contributed by atoms with Gasteiger partial charge in [0.2, 0.25) is 5.91 Å². The van der Waals surface area contributed by atoms with E-state index in [4.69, 9.17) is 0 Å². The van der Waals surface area contributed by atoms with E-state index in [1.54, 1.807) is 18.2 Å². The fourth-order valence-corrected chi connectivity index (χ4v) is 5.43. The van der Waals surface area contributed by atoms with E-state index in [9.17, 15) is 14.9 Å². The Labute approximate surface area is 140 Å². The van der Waals surface area contributed by atoms with Crippen molar-refractivity contribution in [3.05, 3.63) is 39.9 Å². The normalized spacial score (nSPS) is 33.8. The van der Waals surface area contributed by atoms with E-state index in [-0.39, 0.29) is 17.0 Å². The summed E-state index contributed by atoms with van der Waals surface area (Å²) in [5, 5.41) is 15.0. The van der Waals surface area contributed by atoms with E-state index in [1.807, 2.05) is 0 Å². The highest BCUT2D eigenvalue weighted by Gasteiger charge is 2.54. The van der Waals surface area contributed by atoms with Gasteiger partial charge in [-0.25, -0.2) is 5.43 Å². The van der Waals surface area contributed by atoms with Crippen LogP contribution in [0.4, 0.5) is 5.69 Å². The van der Waals surface area contributed by atoms with Gasteiger partial charge in [0, 0.05) is 6.07 Å². The van der Waals surface area contributed by atoms with Crippen LogP contribution in [0.5, 0.6) is 0 Å². The first kappa shape index (κ1) is 15.3. The van der Waals surface area contributed by atoms with Crippen molar-refractivity contribution in [1.29, 1.82) is 0 Å². The van der Waals surface area contributed by atoms with Crippen molar-refractivity contribution in [3.8, 4) is 0 Å². The average molecular weight is 327 g/mol. The highest BCUT2D eigenvalue weighted by atomic mass is 16.6. The minimum absolute atomic E-state index is 0.00330. The van der Waals surface area contributed by atoms with Gasteiger partial charge >= 0.3 is 0 Å². The Bertz CT molecular complexity index is 678. The second-order valence-corrected chi connectivity index (χ2v) is 7.71. The molecule has 4 saturated carbocycles. The van der Waals surface area contributed by atoms with Crippen molar-refractivity contribution >= 4 is 17.8 Å². The van der Waals surface area contributed by atoms with Gasteiger partial charge in [0.15, 0.2) is 0 Å². The van der Waals surface area contributed by atoms with E-state index < -0.39 is 4.92 Å². The summed E-state index contributed by atoms with van der Waals surface area (Å²) >= 11 is 0. The molecule has 24 heavy (non-hydrogen) atoms. The van der Waals surface area contributed by atoms with Gasteiger partial charge in [-0.15, -0.1) is 0 Å². The lowest BCUT2D eigenvalue weighted by molar-refractivity contribution is -0.385. The van der Waals surface area contributed by atoms with Gasteiger partial charge in [-0.3, -0.25) is 14.9 Å². The quantitative estimate of drug-likeness (QED) is 0.523. The Kier molecular flexibility index (Phi) is 3.62. The molecule has 0 spiro atoms. The molecule has 6 nitrogen and oxygen atoms in total. The number of nitrogens with zero attached hydrogens (tertiary/aromatic N) is 2. The number of hydrazone groups is 1. The highest BCUT2D eigenvalue weighted by Crippen LogP contribution is 2.60. The molecule has 0 heterocycles. The zero-order valence-electron chi connectivity index (χ0n) is 13.5. The average Bonchev–Trinajstić information content (AvgIpc) is 2.53. The smallest absolute Gasteiger partial charge is 0.273 e. The number of rotatable bonds is 4. The maximum atomic E-state index is 12.7. The first-order valence-electron chi connectivity index (χ1n) is 8.63. The van der Waals surface area contributed by atoms with Gasteiger partial charge in [0.05, 0.1) is 22.1 Å². The van der Waals surface area contributed by atoms with Crippen molar-refractivity contribution in [3.63, 3.8) is 0 Å². The molecule has 0 aromatic heterocycles. The van der Waals surface area contributed by atoms with E-state index in [2.05, 4.69) is 10.5 Å². The molecule has 0 unspecified atom stereocenters. The van der Waals surface area contributed by atoms with Crippen molar-refractivity contribution in [2.45, 2.75) is 38.5 Å². The topological polar surface area (TPSA) is 84.6 Å². The van der Waals surface area contributed by atoms with Gasteiger partial charge in [-0.1, -0.05) is 12.1 Å². The molecule has 4 fully saturated rings. The largest absolute Gasteiger partial charge is 0.278 e. The molecule has 4 aliphatic carbocycles. The lowest BCUT2D eigenvalue weighted by Crippen LogP contribution is -2.52. The zero-order chi connectivity index (χ0) is 16.7. The minimum atomic E-state index is -0.442. The third-order valence-electron chi connectivity index (χ3n) is 6.02. The van der Waals surface area contributed by atoms with Crippen LogP contribution in [0.3, 0.4) is 0 Å². The Morgan fingerprint density at radius 1 is 1.17 bits per heavy atom. The fourth-order valence-electron chi connectivity index (χ4n) is 5.43. The van der Waals surface area contributed by atoms with Crippen LogP contribution in [0.1, 0.15) is 44.1 Å². The molecule has 1 aromatic rings. The number of para-hydroxylation sites is 1. The molecule has 1 aromatic carbocycles. The van der Waals surface area contributed by atoms with Crippen LogP contribution < -0.4 is 5.43 Å². The zero-order valence-corrected chi connectivity index (χ0v) is 13.5. The Hall–Kier alpha value is -2.24. The predicted octanol–water partition coefficient (Wildman–Crippen LogP) is 3.26. The summed E-state index contributed by atoms with van der Waals surface area (Å²) in [7, 11) is 0. The lowest BCUT2D eigenvalue weighted by atomic mass is 9.49. The van der Waals surface area contributed by atoms with Gasteiger partial charge in [-0.2, -0.15) is 5.10 Å². The van der Waals surface area contributed by atoms with Crippen LogP contribution in [0.15, 0.2) is 29.4 Å². The number of hydrogen-bond donors (Lipinski definition) is 1. The molecule has 1 N–H and O–H groups in total. The molecular weight excluding hydrogens is 306 g/mol. The van der Waals surface area contributed by atoms with Crippen molar-refractivity contribution < 1.29 is 9.72 Å². The monoisotopic (exact) mass is 327 g/mol. The third-order valence-corrected chi connectivity index (χ3v) is 6.02. The minimum Gasteiger partial charge on any atom is -0.273 e. The lowest BCUT2D eigenvalue weighted by Gasteiger charge is -2.55. The summed E-state index contributed by atoms with van der Waals surface area (Å²) in [4.78, 5) is 23.3. The molecule has 126 valence electrons. The number of amides is 1. The fraction of sp³-hybridized carbons (Fsp3) is 0.556. The Balaban J connectivity index is 1.47. The number of carbonyl (C=O) groups excluding carboxylic acids is 1. The van der Waals surface area contributed by atoms with Crippen molar-refractivity contribution in [1.82, 2.24) is 5.43 Å². The van der Waals surface area contributed by atoms with Gasteiger partial charge in [-0.05, 0) is 62.3 Å². The molecule has 0 radical (unpaired) electrons. The molecule has 5 rings (SSSR count). The molecule has 0 saturated heterocycles. The van der Waals surface area contributed by atoms with Crippen LogP contribution in [0.2, 0.25) is 0 Å².